The SMILES string of the molecule is C[C@H]1Cc2ccccc2N1C(=O)Cc1csc(Cc2ccccc2)n1. The number of nitrogens with zero attached hydrogens (tertiary/aromatic N) is 2. The van der Waals surface area contributed by atoms with Crippen LogP contribution in [-0.2, 0) is 24.1 Å². The van der Waals surface area contributed by atoms with Crippen molar-refractivity contribution in [2.24, 2.45) is 0 Å². The van der Waals surface area contributed by atoms with Crippen molar-refractivity contribution in [3.63, 3.8) is 0 Å². The van der Waals surface area contributed by atoms with Crippen molar-refractivity contribution in [1.82, 2.24) is 4.98 Å². The fourth-order valence-electron chi connectivity index (χ4n) is 3.47. The molecule has 1 aromatic heterocycles. The van der Waals surface area contributed by atoms with Crippen LogP contribution in [0.3, 0.4) is 0 Å². The molecule has 0 spiro atoms. The Morgan fingerprint density at radius 3 is 2.76 bits per heavy atom. The Morgan fingerprint density at radius 1 is 1.16 bits per heavy atom. The van der Waals surface area contributed by atoms with Crippen LogP contribution in [0.15, 0.2) is 60.0 Å². The molecule has 0 bridgehead atoms. The first-order chi connectivity index (χ1) is 12.2. The molecule has 3 nitrogen and oxygen atoms in total. The maximum atomic E-state index is 12.8. The van der Waals surface area contributed by atoms with Gasteiger partial charge in [0.1, 0.15) is 0 Å². The van der Waals surface area contributed by atoms with E-state index in [0.717, 1.165) is 29.2 Å². The van der Waals surface area contributed by atoms with Gasteiger partial charge in [0.05, 0.1) is 17.1 Å². The molecule has 1 atom stereocenters. The van der Waals surface area contributed by atoms with E-state index in [2.05, 4.69) is 30.1 Å². The van der Waals surface area contributed by atoms with Gasteiger partial charge >= 0.3 is 0 Å². The van der Waals surface area contributed by atoms with Crippen LogP contribution >= 0.6 is 11.3 Å². The van der Waals surface area contributed by atoms with Crippen molar-refractivity contribution >= 4 is 22.9 Å². The van der Waals surface area contributed by atoms with E-state index in [9.17, 15) is 4.79 Å². The minimum atomic E-state index is 0.133. The summed E-state index contributed by atoms with van der Waals surface area (Å²) in [5, 5.41) is 3.08. The molecule has 1 amide bonds. The first kappa shape index (κ1) is 16.0. The molecule has 126 valence electrons. The van der Waals surface area contributed by atoms with E-state index in [0.29, 0.717) is 6.42 Å². The molecule has 4 rings (SSSR count). The average Bonchev–Trinajstić information content (AvgIpc) is 3.18. The van der Waals surface area contributed by atoms with Crippen molar-refractivity contribution in [3.8, 4) is 0 Å². The lowest BCUT2D eigenvalue weighted by Crippen LogP contribution is -2.36. The molecular formula is C21H20N2OS. The van der Waals surface area contributed by atoms with Crippen LogP contribution in [-0.4, -0.2) is 16.9 Å². The Hall–Kier alpha value is -2.46. The Kier molecular flexibility index (Phi) is 4.36. The number of aromatic nitrogens is 1. The number of carbonyl (C=O) groups is 1. The number of thiazole rings is 1. The number of anilines is 1. The summed E-state index contributed by atoms with van der Waals surface area (Å²) < 4.78 is 0. The molecule has 1 aliphatic heterocycles. The van der Waals surface area contributed by atoms with Gasteiger partial charge in [0.25, 0.3) is 0 Å². The van der Waals surface area contributed by atoms with Crippen LogP contribution in [0.2, 0.25) is 0 Å². The number of benzene rings is 2. The summed E-state index contributed by atoms with van der Waals surface area (Å²) in [6.07, 6.45) is 2.12. The number of amides is 1. The number of carbonyl (C=O) groups excluding carboxylic acids is 1. The van der Waals surface area contributed by atoms with Crippen molar-refractivity contribution in [1.29, 1.82) is 0 Å². The van der Waals surface area contributed by atoms with Gasteiger partial charge in [-0.15, -0.1) is 11.3 Å². The summed E-state index contributed by atoms with van der Waals surface area (Å²) in [7, 11) is 0. The molecule has 0 N–H and O–H groups in total. The predicted molar refractivity (Wildman–Crippen MR) is 102 cm³/mol. The molecule has 0 saturated heterocycles. The molecular weight excluding hydrogens is 328 g/mol. The molecule has 2 heterocycles. The predicted octanol–water partition coefficient (Wildman–Crippen LogP) is 4.25. The fourth-order valence-corrected chi connectivity index (χ4v) is 4.30. The van der Waals surface area contributed by atoms with Gasteiger partial charge in [-0.3, -0.25) is 4.79 Å². The molecule has 3 aromatic rings. The van der Waals surface area contributed by atoms with Crippen LogP contribution in [0.25, 0.3) is 0 Å². The van der Waals surface area contributed by atoms with Gasteiger partial charge in [-0.2, -0.15) is 0 Å². The number of fused-ring (bicyclic) bond motifs is 1. The van der Waals surface area contributed by atoms with Gasteiger partial charge in [-0.05, 0) is 30.5 Å². The number of hydrogen-bond acceptors (Lipinski definition) is 3. The lowest BCUT2D eigenvalue weighted by Gasteiger charge is -2.22. The molecule has 1 aliphatic rings. The van der Waals surface area contributed by atoms with Crippen molar-refractivity contribution in [2.75, 3.05) is 4.90 Å². The Labute approximate surface area is 152 Å². The molecule has 0 fully saturated rings. The summed E-state index contributed by atoms with van der Waals surface area (Å²) in [6.45, 7) is 2.11. The molecule has 25 heavy (non-hydrogen) atoms. The number of rotatable bonds is 4. The van der Waals surface area contributed by atoms with Crippen LogP contribution in [0, 0.1) is 0 Å². The average molecular weight is 348 g/mol. The first-order valence-electron chi connectivity index (χ1n) is 8.58. The zero-order valence-electron chi connectivity index (χ0n) is 14.2. The van der Waals surface area contributed by atoms with Gasteiger partial charge in [0.2, 0.25) is 5.91 Å². The standard InChI is InChI=1S/C21H20N2OS/c1-15-11-17-9-5-6-10-19(17)23(15)21(24)13-18-14-25-20(22-18)12-16-7-3-2-4-8-16/h2-10,14-15H,11-13H2,1H3/t15-/m0/s1. The molecule has 0 aliphatic carbocycles. The van der Waals surface area contributed by atoms with E-state index < -0.39 is 0 Å². The maximum Gasteiger partial charge on any atom is 0.233 e. The topological polar surface area (TPSA) is 33.2 Å². The second-order valence-electron chi connectivity index (χ2n) is 6.52. The highest BCUT2D eigenvalue weighted by Gasteiger charge is 2.30. The lowest BCUT2D eigenvalue weighted by atomic mass is 10.1. The Balaban J connectivity index is 1.47. The lowest BCUT2D eigenvalue weighted by molar-refractivity contribution is -0.118. The van der Waals surface area contributed by atoms with Gasteiger partial charge in [0, 0.05) is 23.5 Å². The van der Waals surface area contributed by atoms with Crippen molar-refractivity contribution in [2.45, 2.75) is 32.2 Å². The van der Waals surface area contributed by atoms with Crippen molar-refractivity contribution < 1.29 is 4.79 Å². The molecule has 2 aromatic carbocycles. The summed E-state index contributed by atoms with van der Waals surface area (Å²) in [4.78, 5) is 19.5. The van der Waals surface area contributed by atoms with Gasteiger partial charge < -0.3 is 4.90 Å². The van der Waals surface area contributed by atoms with E-state index >= 15 is 0 Å². The number of para-hydroxylation sites is 1. The van der Waals surface area contributed by atoms with Gasteiger partial charge in [-0.25, -0.2) is 4.98 Å². The van der Waals surface area contributed by atoms with E-state index in [1.165, 1.54) is 11.1 Å². The van der Waals surface area contributed by atoms with E-state index in [4.69, 9.17) is 0 Å². The van der Waals surface area contributed by atoms with Crippen LogP contribution in [0.4, 0.5) is 5.69 Å². The highest BCUT2D eigenvalue weighted by atomic mass is 32.1. The van der Waals surface area contributed by atoms with E-state index in [1.807, 2.05) is 46.7 Å². The van der Waals surface area contributed by atoms with Gasteiger partial charge in [-0.1, -0.05) is 48.5 Å². The highest BCUT2D eigenvalue weighted by Crippen LogP contribution is 2.32. The van der Waals surface area contributed by atoms with E-state index in [-0.39, 0.29) is 11.9 Å². The fraction of sp³-hybridized carbons (Fsp3) is 0.238. The third-order valence-electron chi connectivity index (χ3n) is 4.61. The summed E-state index contributed by atoms with van der Waals surface area (Å²) in [5.74, 6) is 0.133. The highest BCUT2D eigenvalue weighted by molar-refractivity contribution is 7.09. The van der Waals surface area contributed by atoms with Crippen molar-refractivity contribution in [3.05, 3.63) is 81.8 Å². The second kappa shape index (κ2) is 6.81. The molecule has 0 unspecified atom stereocenters. The maximum absolute atomic E-state index is 12.8. The summed E-state index contributed by atoms with van der Waals surface area (Å²) in [6, 6.07) is 18.7. The molecule has 0 saturated carbocycles. The Bertz CT molecular complexity index is 888. The minimum Gasteiger partial charge on any atom is -0.309 e. The molecule has 4 heteroatoms. The number of hydrogen-bond donors (Lipinski definition) is 0. The minimum absolute atomic E-state index is 0.133. The van der Waals surface area contributed by atoms with Crippen LogP contribution in [0.5, 0.6) is 0 Å². The van der Waals surface area contributed by atoms with Crippen LogP contribution < -0.4 is 4.90 Å². The first-order valence-corrected chi connectivity index (χ1v) is 9.46. The largest absolute Gasteiger partial charge is 0.309 e. The monoisotopic (exact) mass is 348 g/mol. The third kappa shape index (κ3) is 3.35. The zero-order chi connectivity index (χ0) is 17.2. The normalized spacial score (nSPS) is 16.0. The third-order valence-corrected chi connectivity index (χ3v) is 5.50. The smallest absolute Gasteiger partial charge is 0.233 e. The summed E-state index contributed by atoms with van der Waals surface area (Å²) in [5.41, 5.74) is 4.43. The quantitative estimate of drug-likeness (QED) is 0.706. The van der Waals surface area contributed by atoms with E-state index in [1.54, 1.807) is 11.3 Å². The van der Waals surface area contributed by atoms with Gasteiger partial charge in [0.15, 0.2) is 0 Å². The molecule has 0 radical (unpaired) electrons. The zero-order valence-corrected chi connectivity index (χ0v) is 15.0. The second-order valence-corrected chi connectivity index (χ2v) is 7.46. The van der Waals surface area contributed by atoms with Crippen LogP contribution in [0.1, 0.15) is 28.8 Å². The Morgan fingerprint density at radius 2 is 1.92 bits per heavy atom. The summed E-state index contributed by atoms with van der Waals surface area (Å²) >= 11 is 1.63.